The van der Waals surface area contributed by atoms with E-state index in [1.165, 1.54) is 5.56 Å². The molecule has 2 heteroatoms. The summed E-state index contributed by atoms with van der Waals surface area (Å²) in [5.41, 5.74) is 2.29. The predicted molar refractivity (Wildman–Crippen MR) is 47.3 cm³/mol. The molecule has 0 radical (unpaired) electrons. The van der Waals surface area contributed by atoms with Crippen LogP contribution < -0.4 is 5.32 Å². The molecule has 0 aromatic heterocycles. The van der Waals surface area contributed by atoms with E-state index in [2.05, 4.69) is 5.32 Å². The molecule has 1 N–H and O–H groups in total. The SMILES string of the molecule is O=C1C=Cc2ccccc2CN1. The van der Waals surface area contributed by atoms with Gasteiger partial charge in [-0.2, -0.15) is 0 Å². The van der Waals surface area contributed by atoms with Crippen molar-refractivity contribution in [2.24, 2.45) is 0 Å². The maximum atomic E-state index is 11.0. The van der Waals surface area contributed by atoms with Crippen molar-refractivity contribution < 1.29 is 4.79 Å². The normalized spacial score (nSPS) is 14.8. The summed E-state index contributed by atoms with van der Waals surface area (Å²) in [7, 11) is 0. The molecule has 60 valence electrons. The molecule has 12 heavy (non-hydrogen) atoms. The highest BCUT2D eigenvalue weighted by Gasteiger charge is 2.04. The molecule has 0 atom stereocenters. The zero-order valence-corrected chi connectivity index (χ0v) is 6.58. The minimum Gasteiger partial charge on any atom is -0.348 e. The Labute approximate surface area is 70.9 Å². The molecule has 1 heterocycles. The summed E-state index contributed by atoms with van der Waals surface area (Å²) < 4.78 is 0. The maximum absolute atomic E-state index is 11.0. The first-order valence-corrected chi connectivity index (χ1v) is 3.90. The van der Waals surface area contributed by atoms with E-state index in [4.69, 9.17) is 0 Å². The molecular weight excluding hydrogens is 150 g/mol. The minimum atomic E-state index is -0.0220. The van der Waals surface area contributed by atoms with Crippen LogP contribution in [0.5, 0.6) is 0 Å². The number of rotatable bonds is 0. The minimum absolute atomic E-state index is 0.0220. The van der Waals surface area contributed by atoms with E-state index in [0.717, 1.165) is 5.56 Å². The molecule has 2 nitrogen and oxygen atoms in total. The molecule has 1 aliphatic heterocycles. The summed E-state index contributed by atoms with van der Waals surface area (Å²) >= 11 is 0. The van der Waals surface area contributed by atoms with Gasteiger partial charge in [0.05, 0.1) is 0 Å². The molecule has 1 aliphatic rings. The van der Waals surface area contributed by atoms with E-state index in [1.807, 2.05) is 30.3 Å². The third-order valence-electron chi connectivity index (χ3n) is 1.92. The van der Waals surface area contributed by atoms with Gasteiger partial charge in [-0.1, -0.05) is 24.3 Å². The predicted octanol–water partition coefficient (Wildman–Crippen LogP) is 1.33. The highest BCUT2D eigenvalue weighted by molar-refractivity contribution is 5.92. The summed E-state index contributed by atoms with van der Waals surface area (Å²) in [6.45, 7) is 0.627. The maximum Gasteiger partial charge on any atom is 0.244 e. The molecule has 0 spiro atoms. The molecule has 0 aliphatic carbocycles. The number of carbonyl (C=O) groups is 1. The van der Waals surface area contributed by atoms with Gasteiger partial charge in [0.2, 0.25) is 5.91 Å². The second kappa shape index (κ2) is 2.81. The van der Waals surface area contributed by atoms with E-state index >= 15 is 0 Å². The first kappa shape index (κ1) is 7.10. The quantitative estimate of drug-likeness (QED) is 0.608. The summed E-state index contributed by atoms with van der Waals surface area (Å²) in [6.07, 6.45) is 3.41. The number of carbonyl (C=O) groups excluding carboxylic acids is 1. The van der Waals surface area contributed by atoms with Crippen molar-refractivity contribution in [3.63, 3.8) is 0 Å². The van der Waals surface area contributed by atoms with Gasteiger partial charge in [-0.15, -0.1) is 0 Å². The number of amides is 1. The van der Waals surface area contributed by atoms with Crippen LogP contribution in [0.25, 0.3) is 6.08 Å². The second-order valence-electron chi connectivity index (χ2n) is 2.75. The van der Waals surface area contributed by atoms with E-state index in [0.29, 0.717) is 6.54 Å². The average Bonchev–Trinajstić information content (AvgIpc) is 2.29. The monoisotopic (exact) mass is 159 g/mol. The Morgan fingerprint density at radius 2 is 2.00 bits per heavy atom. The Balaban J connectivity index is 2.45. The fourth-order valence-corrected chi connectivity index (χ4v) is 1.26. The van der Waals surface area contributed by atoms with Gasteiger partial charge in [0, 0.05) is 12.6 Å². The Kier molecular flexibility index (Phi) is 1.67. The van der Waals surface area contributed by atoms with Gasteiger partial charge < -0.3 is 5.32 Å². The molecule has 1 aromatic carbocycles. The Bertz CT molecular complexity index is 341. The van der Waals surface area contributed by atoms with Crippen LogP contribution in [0.2, 0.25) is 0 Å². The van der Waals surface area contributed by atoms with Crippen molar-refractivity contribution in [2.45, 2.75) is 6.54 Å². The largest absolute Gasteiger partial charge is 0.348 e. The summed E-state index contributed by atoms with van der Waals surface area (Å²) in [5.74, 6) is -0.0220. The van der Waals surface area contributed by atoms with Crippen LogP contribution in [0, 0.1) is 0 Å². The first-order valence-electron chi connectivity index (χ1n) is 3.90. The van der Waals surface area contributed by atoms with Crippen LogP contribution >= 0.6 is 0 Å². The summed E-state index contributed by atoms with van der Waals surface area (Å²) in [6, 6.07) is 7.97. The zero-order valence-electron chi connectivity index (χ0n) is 6.58. The van der Waals surface area contributed by atoms with Gasteiger partial charge in [0.1, 0.15) is 0 Å². The number of fused-ring (bicyclic) bond motifs is 1. The van der Waals surface area contributed by atoms with Gasteiger partial charge >= 0.3 is 0 Å². The van der Waals surface area contributed by atoms with Gasteiger partial charge in [-0.05, 0) is 17.2 Å². The lowest BCUT2D eigenvalue weighted by atomic mass is 10.1. The van der Waals surface area contributed by atoms with Crippen LogP contribution in [0.1, 0.15) is 11.1 Å². The fraction of sp³-hybridized carbons (Fsp3) is 0.100. The molecule has 0 saturated heterocycles. The summed E-state index contributed by atoms with van der Waals surface area (Å²) in [4.78, 5) is 11.0. The fourth-order valence-electron chi connectivity index (χ4n) is 1.26. The lowest BCUT2D eigenvalue weighted by molar-refractivity contribution is -0.116. The molecule has 0 fully saturated rings. The van der Waals surface area contributed by atoms with Crippen LogP contribution in [-0.4, -0.2) is 5.91 Å². The average molecular weight is 159 g/mol. The van der Waals surface area contributed by atoms with E-state index < -0.39 is 0 Å². The topological polar surface area (TPSA) is 29.1 Å². The van der Waals surface area contributed by atoms with Gasteiger partial charge in [-0.25, -0.2) is 0 Å². The van der Waals surface area contributed by atoms with Crippen molar-refractivity contribution in [1.82, 2.24) is 5.32 Å². The van der Waals surface area contributed by atoms with Gasteiger partial charge in [-0.3, -0.25) is 4.79 Å². The zero-order chi connectivity index (χ0) is 8.39. The highest BCUT2D eigenvalue weighted by Crippen LogP contribution is 2.12. The van der Waals surface area contributed by atoms with Crippen LogP contribution in [0.4, 0.5) is 0 Å². The standard InChI is InChI=1S/C10H9NO/c12-10-6-5-8-3-1-2-4-9(8)7-11-10/h1-6H,7H2,(H,11,12). The van der Waals surface area contributed by atoms with Crippen LogP contribution in [0.3, 0.4) is 0 Å². The first-order chi connectivity index (χ1) is 5.86. The van der Waals surface area contributed by atoms with Crippen molar-refractivity contribution in [3.8, 4) is 0 Å². The smallest absolute Gasteiger partial charge is 0.244 e. The molecular formula is C10H9NO. The molecule has 1 aromatic rings. The van der Waals surface area contributed by atoms with Crippen LogP contribution in [0.15, 0.2) is 30.3 Å². The van der Waals surface area contributed by atoms with Crippen LogP contribution in [-0.2, 0) is 11.3 Å². The number of benzene rings is 1. The Hall–Kier alpha value is -1.57. The number of hydrogen-bond acceptors (Lipinski definition) is 1. The molecule has 0 unspecified atom stereocenters. The highest BCUT2D eigenvalue weighted by atomic mass is 16.1. The van der Waals surface area contributed by atoms with Gasteiger partial charge in [0.25, 0.3) is 0 Å². The lowest BCUT2D eigenvalue weighted by Gasteiger charge is -2.01. The number of nitrogens with one attached hydrogen (secondary N) is 1. The lowest BCUT2D eigenvalue weighted by Crippen LogP contribution is -2.18. The molecule has 0 bridgehead atoms. The Morgan fingerprint density at radius 1 is 1.17 bits per heavy atom. The van der Waals surface area contributed by atoms with E-state index in [9.17, 15) is 4.79 Å². The van der Waals surface area contributed by atoms with E-state index in [-0.39, 0.29) is 5.91 Å². The third-order valence-corrected chi connectivity index (χ3v) is 1.92. The van der Waals surface area contributed by atoms with Crippen molar-refractivity contribution in [2.75, 3.05) is 0 Å². The molecule has 1 amide bonds. The van der Waals surface area contributed by atoms with Crippen molar-refractivity contribution >= 4 is 12.0 Å². The number of hydrogen-bond donors (Lipinski definition) is 1. The van der Waals surface area contributed by atoms with E-state index in [1.54, 1.807) is 6.08 Å². The third kappa shape index (κ3) is 1.23. The molecule has 0 saturated carbocycles. The molecule has 2 rings (SSSR count). The van der Waals surface area contributed by atoms with Crippen molar-refractivity contribution in [3.05, 3.63) is 41.5 Å². The second-order valence-corrected chi connectivity index (χ2v) is 2.75. The van der Waals surface area contributed by atoms with Gasteiger partial charge in [0.15, 0.2) is 0 Å². The summed E-state index contributed by atoms with van der Waals surface area (Å²) in [5, 5.41) is 2.77. The van der Waals surface area contributed by atoms with Crippen molar-refractivity contribution in [1.29, 1.82) is 0 Å². The Morgan fingerprint density at radius 3 is 2.92 bits per heavy atom.